The Hall–Kier alpha value is -0.920. The van der Waals surface area contributed by atoms with Crippen molar-refractivity contribution in [2.75, 3.05) is 0 Å². The van der Waals surface area contributed by atoms with Gasteiger partial charge < -0.3 is 0 Å². The van der Waals surface area contributed by atoms with Gasteiger partial charge in [0.1, 0.15) is 0 Å². The van der Waals surface area contributed by atoms with Crippen LogP contribution in [0, 0.1) is 0 Å². The van der Waals surface area contributed by atoms with Crippen molar-refractivity contribution in [2.45, 2.75) is 6.04 Å². The summed E-state index contributed by atoms with van der Waals surface area (Å²) in [7, 11) is -3.48. The van der Waals surface area contributed by atoms with Gasteiger partial charge in [0, 0.05) is 4.47 Å². The minimum atomic E-state index is -3.48. The second kappa shape index (κ2) is 3.58. The van der Waals surface area contributed by atoms with Gasteiger partial charge in [0.25, 0.3) is 5.84 Å². The molecule has 0 spiro atoms. The predicted molar refractivity (Wildman–Crippen MR) is 59.1 cm³/mol. The summed E-state index contributed by atoms with van der Waals surface area (Å²) < 4.78 is 27.8. The molecule has 1 aromatic rings. The highest BCUT2D eigenvalue weighted by molar-refractivity contribution is 9.10. The van der Waals surface area contributed by atoms with Crippen molar-refractivity contribution in [3.05, 3.63) is 34.3 Å². The van der Waals surface area contributed by atoms with Gasteiger partial charge in [-0.25, -0.2) is 0 Å². The van der Waals surface area contributed by atoms with Crippen LogP contribution < -0.4 is 14.9 Å². The van der Waals surface area contributed by atoms with Crippen molar-refractivity contribution in [3.63, 3.8) is 0 Å². The summed E-state index contributed by atoms with van der Waals surface area (Å²) in [5.41, 5.74) is 6.37. The number of hydrogen-bond donors (Lipinski definition) is 3. The Labute approximate surface area is 95.7 Å². The van der Waals surface area contributed by atoms with Crippen molar-refractivity contribution < 1.29 is 12.8 Å². The molecular weight excluding hydrogens is 282 g/mol. The lowest BCUT2D eigenvalue weighted by Gasteiger charge is -2.05. The number of amidine groups is 1. The van der Waals surface area contributed by atoms with E-state index in [1.165, 1.54) is 0 Å². The zero-order valence-corrected chi connectivity index (χ0v) is 9.97. The normalized spacial score (nSPS) is 23.8. The van der Waals surface area contributed by atoms with Crippen LogP contribution in [-0.4, -0.2) is 14.3 Å². The standard InChI is InChI=1S/C8H8BrN3O2S/c9-6-3-1-5(2-4-6)7-8(10)12-15(13,14)11-7/h1-4,7,11H,(H2,10,12)/p+1/t7-/m1/s1. The first-order valence-electron chi connectivity index (χ1n) is 4.16. The van der Waals surface area contributed by atoms with E-state index in [-0.39, 0.29) is 5.84 Å². The molecule has 1 atom stereocenters. The first-order chi connectivity index (χ1) is 6.98. The fourth-order valence-electron chi connectivity index (χ4n) is 1.37. The van der Waals surface area contributed by atoms with Crippen molar-refractivity contribution >= 4 is 32.0 Å². The van der Waals surface area contributed by atoms with E-state index in [2.05, 4.69) is 25.0 Å². The summed E-state index contributed by atoms with van der Waals surface area (Å²) in [6, 6.07) is 6.77. The quantitative estimate of drug-likeness (QED) is 0.606. The van der Waals surface area contributed by atoms with E-state index >= 15 is 0 Å². The molecule has 0 aliphatic carbocycles. The third kappa shape index (κ3) is 2.19. The van der Waals surface area contributed by atoms with E-state index in [0.29, 0.717) is 0 Å². The fraction of sp³-hybridized carbons (Fsp3) is 0.125. The van der Waals surface area contributed by atoms with Gasteiger partial charge in [0.05, 0.1) is 0 Å². The van der Waals surface area contributed by atoms with Crippen molar-refractivity contribution in [2.24, 2.45) is 5.73 Å². The minimum Gasteiger partial charge on any atom is -0.288 e. The third-order valence-electron chi connectivity index (χ3n) is 2.04. The highest BCUT2D eigenvalue weighted by Gasteiger charge is 2.34. The van der Waals surface area contributed by atoms with Gasteiger partial charge in [-0.05, 0) is 17.7 Å². The first kappa shape index (κ1) is 10.6. The molecule has 5 nitrogen and oxygen atoms in total. The van der Waals surface area contributed by atoms with Crippen molar-refractivity contribution in [3.8, 4) is 0 Å². The summed E-state index contributed by atoms with van der Waals surface area (Å²) in [6.45, 7) is 0. The van der Waals surface area contributed by atoms with Crippen LogP contribution in [-0.2, 0) is 10.2 Å². The Balaban J connectivity index is 2.35. The SMILES string of the molecule is NC1=[NH+]S(=O)(=O)N[C@@H]1c1ccc(Br)cc1. The zero-order chi connectivity index (χ0) is 11.1. The van der Waals surface area contributed by atoms with Crippen LogP contribution in [0.25, 0.3) is 0 Å². The van der Waals surface area contributed by atoms with E-state index in [1.54, 1.807) is 12.1 Å². The summed E-state index contributed by atoms with van der Waals surface area (Å²) >= 11 is 3.30. The molecule has 0 fully saturated rings. The number of benzene rings is 1. The molecule has 0 radical (unpaired) electrons. The van der Waals surface area contributed by atoms with Gasteiger partial charge in [-0.1, -0.05) is 28.1 Å². The number of nitrogens with one attached hydrogen (secondary N) is 2. The third-order valence-corrected chi connectivity index (χ3v) is 3.62. The molecule has 2 rings (SSSR count). The Morgan fingerprint density at radius 3 is 2.40 bits per heavy atom. The molecule has 7 heteroatoms. The van der Waals surface area contributed by atoms with Gasteiger partial charge >= 0.3 is 10.2 Å². The Kier molecular flexibility index (Phi) is 2.53. The maximum Gasteiger partial charge on any atom is 0.371 e. The monoisotopic (exact) mass is 290 g/mol. The molecule has 80 valence electrons. The molecule has 0 bridgehead atoms. The van der Waals surface area contributed by atoms with Crippen molar-refractivity contribution in [1.82, 2.24) is 4.72 Å². The molecule has 4 N–H and O–H groups in total. The van der Waals surface area contributed by atoms with Gasteiger partial charge in [-0.2, -0.15) is 17.5 Å². The smallest absolute Gasteiger partial charge is 0.288 e. The first-order valence-corrected chi connectivity index (χ1v) is 6.43. The molecule has 0 saturated heterocycles. The van der Waals surface area contributed by atoms with Crippen LogP contribution in [0.15, 0.2) is 28.7 Å². The molecule has 0 amide bonds. The molecule has 1 heterocycles. The van der Waals surface area contributed by atoms with E-state index in [4.69, 9.17) is 5.73 Å². The lowest BCUT2D eigenvalue weighted by Crippen LogP contribution is -2.76. The highest BCUT2D eigenvalue weighted by atomic mass is 79.9. The number of hydrogen-bond acceptors (Lipinski definition) is 3. The topological polar surface area (TPSA) is 86.2 Å². The Morgan fingerprint density at radius 2 is 1.93 bits per heavy atom. The van der Waals surface area contributed by atoms with Gasteiger partial charge in [-0.3, -0.25) is 5.73 Å². The van der Waals surface area contributed by atoms with Gasteiger partial charge in [-0.15, -0.1) is 0 Å². The molecule has 15 heavy (non-hydrogen) atoms. The van der Waals surface area contributed by atoms with Crippen LogP contribution in [0.3, 0.4) is 0 Å². The van der Waals surface area contributed by atoms with Crippen LogP contribution in [0.5, 0.6) is 0 Å². The van der Waals surface area contributed by atoms with E-state index < -0.39 is 16.3 Å². The summed E-state index contributed by atoms with van der Waals surface area (Å²) in [4.78, 5) is 0. The molecule has 0 saturated carbocycles. The summed E-state index contributed by atoms with van der Waals surface area (Å²) in [5.74, 6) is 0.192. The zero-order valence-electron chi connectivity index (χ0n) is 7.57. The van der Waals surface area contributed by atoms with Crippen LogP contribution in [0.2, 0.25) is 0 Å². The molecular formula is C8H9BrN3O2S+. The minimum absolute atomic E-state index is 0.192. The largest absolute Gasteiger partial charge is 0.371 e. The number of halogens is 1. The van der Waals surface area contributed by atoms with Crippen molar-refractivity contribution in [1.29, 1.82) is 0 Å². The fourth-order valence-corrected chi connectivity index (χ4v) is 2.69. The maximum absolute atomic E-state index is 11.2. The second-order valence-corrected chi connectivity index (χ2v) is 5.53. The molecule has 0 aromatic heterocycles. The number of nitrogens with two attached hydrogens (primary N) is 1. The maximum atomic E-state index is 11.2. The Bertz CT molecular complexity index is 509. The predicted octanol–water partition coefficient (Wildman–Crippen LogP) is -1.22. The lowest BCUT2D eigenvalue weighted by molar-refractivity contribution is -0.265. The summed E-state index contributed by atoms with van der Waals surface area (Å²) in [5, 5.41) is 0. The molecule has 0 unspecified atom stereocenters. The highest BCUT2D eigenvalue weighted by Crippen LogP contribution is 2.17. The average molecular weight is 291 g/mol. The van der Waals surface area contributed by atoms with Crippen LogP contribution in [0.4, 0.5) is 0 Å². The second-order valence-electron chi connectivity index (χ2n) is 3.16. The summed E-state index contributed by atoms with van der Waals surface area (Å²) in [6.07, 6.45) is 0. The Morgan fingerprint density at radius 1 is 1.33 bits per heavy atom. The van der Waals surface area contributed by atoms with Gasteiger partial charge in [0.2, 0.25) is 0 Å². The van der Waals surface area contributed by atoms with Gasteiger partial charge in [0.15, 0.2) is 6.04 Å². The number of rotatable bonds is 1. The molecule has 1 aliphatic rings. The van der Waals surface area contributed by atoms with E-state index in [1.807, 2.05) is 12.1 Å². The van der Waals surface area contributed by atoms with Crippen LogP contribution in [0.1, 0.15) is 11.6 Å². The molecule has 1 aromatic carbocycles. The molecule has 1 aliphatic heterocycles. The average Bonchev–Trinajstić information content (AvgIpc) is 2.41. The lowest BCUT2D eigenvalue weighted by atomic mass is 10.1. The van der Waals surface area contributed by atoms with E-state index in [0.717, 1.165) is 10.0 Å². The van der Waals surface area contributed by atoms with E-state index in [9.17, 15) is 8.42 Å². The van der Waals surface area contributed by atoms with Crippen LogP contribution >= 0.6 is 15.9 Å².